The third-order valence-electron chi connectivity index (χ3n) is 3.84. The zero-order valence-corrected chi connectivity index (χ0v) is 16.1. The van der Waals surface area contributed by atoms with Gasteiger partial charge in [-0.05, 0) is 37.1 Å². The Morgan fingerprint density at radius 1 is 1.19 bits per heavy atom. The number of carbonyl (C=O) groups excluding carboxylic acids is 1. The molecular formula is C18H23N5O3S. The van der Waals surface area contributed by atoms with E-state index in [1.165, 1.54) is 11.8 Å². The van der Waals surface area contributed by atoms with Crippen molar-refractivity contribution in [3.05, 3.63) is 34.9 Å². The zero-order valence-electron chi connectivity index (χ0n) is 15.3. The van der Waals surface area contributed by atoms with E-state index in [-0.39, 0.29) is 17.4 Å². The number of aryl methyl sites for hydroxylation is 2. The van der Waals surface area contributed by atoms with Gasteiger partial charge in [0.15, 0.2) is 0 Å². The van der Waals surface area contributed by atoms with Crippen molar-refractivity contribution >= 4 is 29.6 Å². The fourth-order valence-corrected chi connectivity index (χ4v) is 3.41. The summed E-state index contributed by atoms with van der Waals surface area (Å²) in [6.07, 6.45) is 0.330. The average Bonchev–Trinajstić information content (AvgIpc) is 2.59. The van der Waals surface area contributed by atoms with Crippen LogP contribution in [-0.4, -0.2) is 45.8 Å². The predicted molar refractivity (Wildman–Crippen MR) is 106 cm³/mol. The number of hydrogen-bond donors (Lipinski definition) is 4. The minimum Gasteiger partial charge on any atom is -0.478 e. The Morgan fingerprint density at radius 3 is 2.59 bits per heavy atom. The summed E-state index contributed by atoms with van der Waals surface area (Å²) in [5.74, 6) is -0.441. The van der Waals surface area contributed by atoms with E-state index >= 15 is 0 Å². The highest BCUT2D eigenvalue weighted by Crippen LogP contribution is 2.29. The van der Waals surface area contributed by atoms with Gasteiger partial charge in [-0.1, -0.05) is 6.07 Å². The summed E-state index contributed by atoms with van der Waals surface area (Å²) < 4.78 is 0. The second kappa shape index (κ2) is 9.33. The van der Waals surface area contributed by atoms with E-state index in [1.807, 2.05) is 13.0 Å². The second-order valence-corrected chi connectivity index (χ2v) is 7.09. The monoisotopic (exact) mass is 389 g/mol. The van der Waals surface area contributed by atoms with Gasteiger partial charge in [-0.15, -0.1) is 11.8 Å². The lowest BCUT2D eigenvalue weighted by molar-refractivity contribution is -0.120. The van der Waals surface area contributed by atoms with Gasteiger partial charge in [-0.25, -0.2) is 14.8 Å². The fraction of sp³-hybridized carbons (Fsp3) is 0.333. The molecule has 0 saturated carbocycles. The van der Waals surface area contributed by atoms with Crippen molar-refractivity contribution in [1.82, 2.24) is 15.3 Å². The number of nitrogens with two attached hydrogens (primary N) is 2. The van der Waals surface area contributed by atoms with Crippen LogP contribution in [0, 0.1) is 13.8 Å². The van der Waals surface area contributed by atoms with Crippen molar-refractivity contribution in [2.24, 2.45) is 5.73 Å². The number of carbonyl (C=O) groups is 2. The maximum absolute atomic E-state index is 11.6. The van der Waals surface area contributed by atoms with Crippen molar-refractivity contribution in [1.29, 1.82) is 0 Å². The van der Waals surface area contributed by atoms with E-state index in [2.05, 4.69) is 15.3 Å². The van der Waals surface area contributed by atoms with Gasteiger partial charge >= 0.3 is 5.97 Å². The Hall–Kier alpha value is -2.65. The van der Waals surface area contributed by atoms with Gasteiger partial charge in [0.2, 0.25) is 11.9 Å². The third-order valence-corrected chi connectivity index (χ3v) is 4.76. The van der Waals surface area contributed by atoms with Crippen LogP contribution in [0.3, 0.4) is 0 Å². The molecule has 0 spiro atoms. The number of aromatic carboxylic acids is 1. The average molecular weight is 389 g/mol. The molecular weight excluding hydrogens is 366 g/mol. The van der Waals surface area contributed by atoms with Crippen LogP contribution >= 0.6 is 11.8 Å². The van der Waals surface area contributed by atoms with E-state index in [0.29, 0.717) is 47.1 Å². The van der Waals surface area contributed by atoms with Gasteiger partial charge in [-0.3, -0.25) is 4.79 Å². The predicted octanol–water partition coefficient (Wildman–Crippen LogP) is 1.60. The molecule has 8 nitrogen and oxygen atoms in total. The molecule has 0 radical (unpaired) electrons. The van der Waals surface area contributed by atoms with Crippen molar-refractivity contribution in [3.8, 4) is 11.3 Å². The van der Waals surface area contributed by atoms with Crippen molar-refractivity contribution in [3.63, 3.8) is 0 Å². The Labute approximate surface area is 161 Å². The molecule has 0 saturated heterocycles. The molecule has 1 heterocycles. The molecule has 27 heavy (non-hydrogen) atoms. The molecule has 6 N–H and O–H groups in total. The number of carboxylic acid groups (broad SMARTS) is 1. The fourth-order valence-electron chi connectivity index (χ4n) is 2.56. The third kappa shape index (κ3) is 5.66. The summed E-state index contributed by atoms with van der Waals surface area (Å²) in [5.41, 5.74) is 14.2. The van der Waals surface area contributed by atoms with Gasteiger partial charge < -0.3 is 21.9 Å². The minimum absolute atomic E-state index is 0.0734. The van der Waals surface area contributed by atoms with Crippen LogP contribution in [-0.2, 0) is 4.79 Å². The maximum Gasteiger partial charge on any atom is 0.335 e. The SMILES string of the molecule is Cc1cc(C)c(-c2cc(SCCC(=O)NCCN)nc(N)n2)cc1C(=O)O. The largest absolute Gasteiger partial charge is 0.478 e. The molecule has 1 amide bonds. The molecule has 9 heteroatoms. The molecule has 1 aromatic heterocycles. The molecule has 144 valence electrons. The number of benzene rings is 1. The number of carboxylic acids is 1. The highest BCUT2D eigenvalue weighted by Gasteiger charge is 2.14. The zero-order chi connectivity index (χ0) is 20.0. The topological polar surface area (TPSA) is 144 Å². The van der Waals surface area contributed by atoms with Gasteiger partial charge in [0.25, 0.3) is 0 Å². The maximum atomic E-state index is 11.6. The minimum atomic E-state index is -0.992. The molecule has 0 unspecified atom stereocenters. The van der Waals surface area contributed by atoms with Gasteiger partial charge in [-0.2, -0.15) is 0 Å². The first-order chi connectivity index (χ1) is 12.8. The first-order valence-electron chi connectivity index (χ1n) is 8.41. The van der Waals surface area contributed by atoms with Crippen LogP contribution in [0.2, 0.25) is 0 Å². The summed E-state index contributed by atoms with van der Waals surface area (Å²) in [4.78, 5) is 31.5. The van der Waals surface area contributed by atoms with Gasteiger partial charge in [0.1, 0.15) is 5.03 Å². The number of anilines is 1. The van der Waals surface area contributed by atoms with E-state index in [1.54, 1.807) is 19.1 Å². The number of nitrogens with zero attached hydrogens (tertiary/aromatic N) is 2. The Morgan fingerprint density at radius 2 is 1.93 bits per heavy atom. The number of thioether (sulfide) groups is 1. The normalized spacial score (nSPS) is 10.6. The Balaban J connectivity index is 2.21. The molecule has 2 rings (SSSR count). The highest BCUT2D eigenvalue weighted by molar-refractivity contribution is 7.99. The van der Waals surface area contributed by atoms with Crippen LogP contribution < -0.4 is 16.8 Å². The van der Waals surface area contributed by atoms with E-state index < -0.39 is 5.97 Å². The van der Waals surface area contributed by atoms with E-state index in [9.17, 15) is 14.7 Å². The summed E-state index contributed by atoms with van der Waals surface area (Å²) in [6, 6.07) is 5.16. The molecule has 0 fully saturated rings. The molecule has 1 aromatic carbocycles. The van der Waals surface area contributed by atoms with Crippen LogP contribution in [0.15, 0.2) is 23.2 Å². The standard InChI is InChI=1S/C18H23N5O3S/c1-10-7-11(2)13(17(25)26)8-12(10)14-9-16(23-18(20)22-14)27-6-3-15(24)21-5-4-19/h7-9H,3-6,19H2,1-2H3,(H,21,24)(H,25,26)(H2,20,22,23). The van der Waals surface area contributed by atoms with Gasteiger partial charge in [0, 0.05) is 30.8 Å². The lowest BCUT2D eigenvalue weighted by Gasteiger charge is -2.11. The first-order valence-corrected chi connectivity index (χ1v) is 9.39. The van der Waals surface area contributed by atoms with Crippen LogP contribution in [0.5, 0.6) is 0 Å². The summed E-state index contributed by atoms with van der Waals surface area (Å²) in [7, 11) is 0. The molecule has 0 aliphatic heterocycles. The molecule has 0 aliphatic rings. The van der Waals surface area contributed by atoms with Crippen LogP contribution in [0.25, 0.3) is 11.3 Å². The van der Waals surface area contributed by atoms with Crippen LogP contribution in [0.4, 0.5) is 5.95 Å². The number of amides is 1. The highest BCUT2D eigenvalue weighted by atomic mass is 32.2. The quantitative estimate of drug-likeness (QED) is 0.393. The van der Waals surface area contributed by atoms with Crippen molar-refractivity contribution in [2.45, 2.75) is 25.3 Å². The number of nitrogens with one attached hydrogen (secondary N) is 1. The summed E-state index contributed by atoms with van der Waals surface area (Å²) in [5, 5.41) is 12.7. The number of nitrogen functional groups attached to an aromatic ring is 1. The van der Waals surface area contributed by atoms with E-state index in [4.69, 9.17) is 11.5 Å². The second-order valence-electron chi connectivity index (χ2n) is 5.97. The Bertz CT molecular complexity index is 857. The molecule has 0 atom stereocenters. The number of rotatable bonds is 8. The van der Waals surface area contributed by atoms with Gasteiger partial charge in [0.05, 0.1) is 11.3 Å². The van der Waals surface area contributed by atoms with Crippen molar-refractivity contribution < 1.29 is 14.7 Å². The van der Waals surface area contributed by atoms with E-state index in [0.717, 1.165) is 5.56 Å². The lowest BCUT2D eigenvalue weighted by Crippen LogP contribution is -2.29. The molecule has 0 bridgehead atoms. The summed E-state index contributed by atoms with van der Waals surface area (Å²) >= 11 is 1.39. The summed E-state index contributed by atoms with van der Waals surface area (Å²) in [6.45, 7) is 4.50. The molecule has 0 aliphatic carbocycles. The van der Waals surface area contributed by atoms with Crippen molar-refractivity contribution in [2.75, 3.05) is 24.6 Å². The first kappa shape index (κ1) is 20.7. The molecule has 2 aromatic rings. The number of hydrogen-bond acceptors (Lipinski definition) is 7. The lowest BCUT2D eigenvalue weighted by atomic mass is 9.98. The van der Waals surface area contributed by atoms with Crippen LogP contribution in [0.1, 0.15) is 27.9 Å². The Kier molecular flexibility index (Phi) is 7.14. The number of aromatic nitrogens is 2. The smallest absolute Gasteiger partial charge is 0.335 e.